The Hall–Kier alpha value is -1.72. The molecule has 2 heterocycles. The molecule has 2 atom stereocenters. The van der Waals surface area contributed by atoms with E-state index >= 15 is 0 Å². The molecule has 0 bridgehead atoms. The lowest BCUT2D eigenvalue weighted by Crippen LogP contribution is -2.42. The van der Waals surface area contributed by atoms with Crippen molar-refractivity contribution in [1.29, 1.82) is 0 Å². The quantitative estimate of drug-likeness (QED) is 0.919. The second-order valence-electron chi connectivity index (χ2n) is 5.66. The van der Waals surface area contributed by atoms with Crippen LogP contribution >= 0.6 is 0 Å². The smallest absolute Gasteiger partial charge is 0.236 e. The highest BCUT2D eigenvalue weighted by atomic mass is 16.5. The van der Waals surface area contributed by atoms with Crippen LogP contribution in [0.1, 0.15) is 29.8 Å². The van der Waals surface area contributed by atoms with Gasteiger partial charge in [0.05, 0.1) is 18.6 Å². The van der Waals surface area contributed by atoms with Gasteiger partial charge in [0.2, 0.25) is 5.89 Å². The molecule has 0 aliphatic carbocycles. The highest BCUT2D eigenvalue weighted by Gasteiger charge is 2.44. The Labute approximate surface area is 118 Å². The van der Waals surface area contributed by atoms with Gasteiger partial charge in [-0.05, 0) is 25.0 Å². The zero-order valence-electron chi connectivity index (χ0n) is 11.8. The summed E-state index contributed by atoms with van der Waals surface area (Å²) in [6, 6.07) is 8.10. The van der Waals surface area contributed by atoms with Gasteiger partial charge in [-0.1, -0.05) is 29.4 Å². The van der Waals surface area contributed by atoms with Gasteiger partial charge in [-0.15, -0.1) is 0 Å². The van der Waals surface area contributed by atoms with Crippen molar-refractivity contribution in [3.05, 3.63) is 47.1 Å². The third-order valence-corrected chi connectivity index (χ3v) is 4.08. The normalized spacial score (nSPS) is 26.1. The Kier molecular flexibility index (Phi) is 3.31. The standard InChI is InChI=1S/C15H19N3O2/c1-10-5-3-4-6-11(10)7-13-17-14(20-18-13)15(2)9-19-8-12(15)16/h3-6,12H,7-9,16H2,1-2H3. The molecule has 2 N–H and O–H groups in total. The minimum Gasteiger partial charge on any atom is -0.379 e. The summed E-state index contributed by atoms with van der Waals surface area (Å²) >= 11 is 0. The second kappa shape index (κ2) is 5.00. The highest BCUT2D eigenvalue weighted by Crippen LogP contribution is 2.30. The molecule has 1 aromatic heterocycles. The van der Waals surface area contributed by atoms with Crippen LogP contribution in [0.2, 0.25) is 0 Å². The number of aromatic nitrogens is 2. The lowest BCUT2D eigenvalue weighted by atomic mass is 9.86. The lowest BCUT2D eigenvalue weighted by molar-refractivity contribution is 0.169. The molecule has 2 aromatic rings. The number of nitrogens with two attached hydrogens (primary N) is 1. The van der Waals surface area contributed by atoms with Crippen molar-refractivity contribution < 1.29 is 9.26 Å². The maximum atomic E-state index is 6.08. The maximum absolute atomic E-state index is 6.08. The van der Waals surface area contributed by atoms with Crippen molar-refractivity contribution in [3.63, 3.8) is 0 Å². The van der Waals surface area contributed by atoms with Crippen molar-refractivity contribution in [1.82, 2.24) is 10.1 Å². The van der Waals surface area contributed by atoms with E-state index in [1.807, 2.05) is 19.1 Å². The van der Waals surface area contributed by atoms with Gasteiger partial charge in [0.1, 0.15) is 0 Å². The number of hydrogen-bond donors (Lipinski definition) is 1. The fraction of sp³-hybridized carbons (Fsp3) is 0.467. The van der Waals surface area contributed by atoms with Crippen LogP contribution in [-0.2, 0) is 16.6 Å². The van der Waals surface area contributed by atoms with Crippen molar-refractivity contribution in [3.8, 4) is 0 Å². The molecular weight excluding hydrogens is 254 g/mol. The van der Waals surface area contributed by atoms with Crippen molar-refractivity contribution >= 4 is 0 Å². The van der Waals surface area contributed by atoms with Crippen LogP contribution in [0.15, 0.2) is 28.8 Å². The molecule has 1 aliphatic rings. The van der Waals surface area contributed by atoms with E-state index in [-0.39, 0.29) is 11.5 Å². The first-order chi connectivity index (χ1) is 9.59. The average Bonchev–Trinajstić information content (AvgIpc) is 3.02. The summed E-state index contributed by atoms with van der Waals surface area (Å²) in [5.41, 5.74) is 8.13. The van der Waals surface area contributed by atoms with E-state index in [1.54, 1.807) is 0 Å². The van der Waals surface area contributed by atoms with Gasteiger partial charge >= 0.3 is 0 Å². The van der Waals surface area contributed by atoms with Gasteiger partial charge in [-0.2, -0.15) is 4.98 Å². The summed E-state index contributed by atoms with van der Waals surface area (Å²) in [6.45, 7) is 5.15. The van der Waals surface area contributed by atoms with Gasteiger partial charge in [0.15, 0.2) is 5.82 Å². The highest BCUT2D eigenvalue weighted by molar-refractivity contribution is 5.28. The zero-order chi connectivity index (χ0) is 14.2. The maximum Gasteiger partial charge on any atom is 0.236 e. The minimum absolute atomic E-state index is 0.103. The molecule has 1 aromatic carbocycles. The van der Waals surface area contributed by atoms with E-state index in [4.69, 9.17) is 15.0 Å². The number of hydrogen-bond acceptors (Lipinski definition) is 5. The fourth-order valence-corrected chi connectivity index (χ4v) is 2.45. The summed E-state index contributed by atoms with van der Waals surface area (Å²) in [4.78, 5) is 4.51. The SMILES string of the molecule is Cc1ccccc1Cc1noc(C2(C)COCC2N)n1. The third kappa shape index (κ3) is 2.23. The Morgan fingerprint density at radius 2 is 2.20 bits per heavy atom. The molecule has 5 heteroatoms. The molecule has 20 heavy (non-hydrogen) atoms. The molecule has 5 nitrogen and oxygen atoms in total. The van der Waals surface area contributed by atoms with Crippen LogP contribution in [0.25, 0.3) is 0 Å². The number of ether oxygens (including phenoxy) is 1. The molecule has 0 spiro atoms. The van der Waals surface area contributed by atoms with E-state index in [0.29, 0.717) is 31.3 Å². The van der Waals surface area contributed by atoms with E-state index in [1.165, 1.54) is 11.1 Å². The molecule has 1 saturated heterocycles. The fourth-order valence-electron chi connectivity index (χ4n) is 2.45. The Morgan fingerprint density at radius 1 is 1.40 bits per heavy atom. The number of benzene rings is 1. The summed E-state index contributed by atoms with van der Waals surface area (Å²) in [5, 5.41) is 4.08. The Bertz CT molecular complexity index is 611. The van der Waals surface area contributed by atoms with Crippen LogP contribution in [0.5, 0.6) is 0 Å². The number of rotatable bonds is 3. The van der Waals surface area contributed by atoms with Crippen LogP contribution in [0.4, 0.5) is 0 Å². The molecule has 1 fully saturated rings. The summed E-state index contributed by atoms with van der Waals surface area (Å²) in [6.07, 6.45) is 0.669. The molecule has 0 amide bonds. The summed E-state index contributed by atoms with van der Waals surface area (Å²) in [7, 11) is 0. The van der Waals surface area contributed by atoms with Crippen LogP contribution < -0.4 is 5.73 Å². The van der Waals surface area contributed by atoms with Gasteiger partial charge in [-0.25, -0.2) is 0 Å². The zero-order valence-corrected chi connectivity index (χ0v) is 11.8. The third-order valence-electron chi connectivity index (χ3n) is 4.08. The monoisotopic (exact) mass is 273 g/mol. The average molecular weight is 273 g/mol. The van der Waals surface area contributed by atoms with Gasteiger partial charge in [0, 0.05) is 12.5 Å². The van der Waals surface area contributed by atoms with E-state index in [0.717, 1.165) is 0 Å². The molecule has 106 valence electrons. The van der Waals surface area contributed by atoms with Crippen LogP contribution in [0, 0.1) is 6.92 Å². The van der Waals surface area contributed by atoms with Crippen molar-refractivity contribution in [2.45, 2.75) is 31.7 Å². The Balaban J connectivity index is 1.83. The first-order valence-electron chi connectivity index (χ1n) is 6.80. The minimum atomic E-state index is -0.378. The number of aryl methyl sites for hydroxylation is 1. The van der Waals surface area contributed by atoms with Crippen LogP contribution in [0.3, 0.4) is 0 Å². The van der Waals surface area contributed by atoms with E-state index in [2.05, 4.69) is 29.2 Å². The molecule has 3 rings (SSSR count). The first kappa shape index (κ1) is 13.3. The first-order valence-corrected chi connectivity index (χ1v) is 6.80. The van der Waals surface area contributed by atoms with E-state index < -0.39 is 0 Å². The molecule has 2 unspecified atom stereocenters. The summed E-state index contributed by atoms with van der Waals surface area (Å²) in [5.74, 6) is 1.26. The molecule has 0 saturated carbocycles. The Morgan fingerprint density at radius 3 is 2.90 bits per heavy atom. The second-order valence-corrected chi connectivity index (χ2v) is 5.66. The van der Waals surface area contributed by atoms with Crippen LogP contribution in [-0.4, -0.2) is 29.4 Å². The summed E-state index contributed by atoms with van der Waals surface area (Å²) < 4.78 is 10.8. The molecule has 0 radical (unpaired) electrons. The van der Waals surface area contributed by atoms with E-state index in [9.17, 15) is 0 Å². The predicted molar refractivity (Wildman–Crippen MR) is 74.4 cm³/mol. The topological polar surface area (TPSA) is 74.2 Å². The molecule has 1 aliphatic heterocycles. The van der Waals surface area contributed by atoms with Gasteiger partial charge in [-0.3, -0.25) is 0 Å². The number of nitrogens with zero attached hydrogens (tertiary/aromatic N) is 2. The lowest BCUT2D eigenvalue weighted by Gasteiger charge is -2.21. The largest absolute Gasteiger partial charge is 0.379 e. The molecular formula is C15H19N3O2. The van der Waals surface area contributed by atoms with Crippen molar-refractivity contribution in [2.24, 2.45) is 5.73 Å². The predicted octanol–water partition coefficient (Wildman–Crippen LogP) is 1.58. The van der Waals surface area contributed by atoms with Gasteiger partial charge < -0.3 is 15.0 Å². The van der Waals surface area contributed by atoms with Crippen molar-refractivity contribution in [2.75, 3.05) is 13.2 Å². The van der Waals surface area contributed by atoms with Gasteiger partial charge in [0.25, 0.3) is 0 Å².